The average Bonchev–Trinajstić information content (AvgIpc) is 2.26. The summed E-state index contributed by atoms with van der Waals surface area (Å²) < 4.78 is 0. The van der Waals surface area contributed by atoms with Gasteiger partial charge in [0, 0.05) is 16.8 Å². The summed E-state index contributed by atoms with van der Waals surface area (Å²) in [5.74, 6) is 0.812. The Morgan fingerprint density at radius 2 is 2.31 bits per heavy atom. The van der Waals surface area contributed by atoms with E-state index in [0.717, 1.165) is 17.2 Å². The van der Waals surface area contributed by atoms with E-state index in [1.807, 2.05) is 24.3 Å². The van der Waals surface area contributed by atoms with Crippen LogP contribution in [0, 0.1) is 0 Å². The fraction of sp³-hybridized carbons (Fsp3) is 0.417. The first-order chi connectivity index (χ1) is 7.61. The molecule has 0 amide bonds. The normalized spacial score (nSPS) is 13.8. The minimum absolute atomic E-state index is 0.298. The molecular weight excluding hydrogens is 240 g/mol. The van der Waals surface area contributed by atoms with E-state index in [4.69, 9.17) is 17.3 Å². The minimum Gasteiger partial charge on any atom is -0.379 e. The van der Waals surface area contributed by atoms with Crippen LogP contribution in [0.25, 0.3) is 0 Å². The van der Waals surface area contributed by atoms with Gasteiger partial charge in [0.05, 0.1) is 0 Å². The third kappa shape index (κ3) is 4.90. The fourth-order valence-corrected chi connectivity index (χ4v) is 2.09. The Bertz CT molecular complexity index is 366. The van der Waals surface area contributed by atoms with Crippen molar-refractivity contribution >= 4 is 28.5 Å². The fourth-order valence-electron chi connectivity index (χ4n) is 1.13. The Morgan fingerprint density at radius 3 is 2.94 bits per heavy atom. The third-order valence-electron chi connectivity index (χ3n) is 2.21. The second kappa shape index (κ2) is 6.81. The molecule has 0 saturated carbocycles. The predicted octanol–water partition coefficient (Wildman–Crippen LogP) is 3.69. The number of amidine groups is 1. The van der Waals surface area contributed by atoms with E-state index in [1.54, 1.807) is 11.8 Å². The SMILES string of the molecule is CC[C@@H](C)N=C(N)SCc1cccc(Cl)c1. The maximum absolute atomic E-state index is 5.90. The van der Waals surface area contributed by atoms with Crippen molar-refractivity contribution in [2.24, 2.45) is 10.7 Å². The second-order valence-electron chi connectivity index (χ2n) is 3.64. The molecule has 0 aliphatic rings. The van der Waals surface area contributed by atoms with E-state index >= 15 is 0 Å². The monoisotopic (exact) mass is 256 g/mol. The van der Waals surface area contributed by atoms with Crippen LogP contribution in [0.4, 0.5) is 0 Å². The number of benzene rings is 1. The molecule has 0 saturated heterocycles. The lowest BCUT2D eigenvalue weighted by molar-refractivity contribution is 0.718. The van der Waals surface area contributed by atoms with Crippen molar-refractivity contribution in [1.29, 1.82) is 0 Å². The number of rotatable bonds is 4. The number of hydrogen-bond donors (Lipinski definition) is 1. The molecule has 88 valence electrons. The van der Waals surface area contributed by atoms with Crippen molar-refractivity contribution in [3.63, 3.8) is 0 Å². The van der Waals surface area contributed by atoms with Gasteiger partial charge in [-0.25, -0.2) is 0 Å². The Labute approximate surface area is 106 Å². The summed E-state index contributed by atoms with van der Waals surface area (Å²) in [7, 11) is 0. The van der Waals surface area contributed by atoms with Gasteiger partial charge >= 0.3 is 0 Å². The van der Waals surface area contributed by atoms with Gasteiger partial charge in [0.2, 0.25) is 0 Å². The molecule has 1 rings (SSSR count). The molecular formula is C12H17ClN2S. The summed E-state index contributed by atoms with van der Waals surface area (Å²) in [6.07, 6.45) is 1.01. The molecule has 2 N–H and O–H groups in total. The Morgan fingerprint density at radius 1 is 1.56 bits per heavy atom. The predicted molar refractivity (Wildman–Crippen MR) is 74.1 cm³/mol. The maximum Gasteiger partial charge on any atom is 0.154 e. The molecule has 4 heteroatoms. The van der Waals surface area contributed by atoms with Crippen LogP contribution in [0.1, 0.15) is 25.8 Å². The maximum atomic E-state index is 5.90. The molecule has 0 aliphatic carbocycles. The topological polar surface area (TPSA) is 38.4 Å². The summed E-state index contributed by atoms with van der Waals surface area (Å²) in [6.45, 7) is 4.16. The van der Waals surface area contributed by atoms with Crippen LogP contribution in [0.5, 0.6) is 0 Å². The van der Waals surface area contributed by atoms with Gasteiger partial charge in [-0.3, -0.25) is 4.99 Å². The Hall–Kier alpha value is -0.670. The largest absolute Gasteiger partial charge is 0.379 e. The van der Waals surface area contributed by atoms with Crippen molar-refractivity contribution in [1.82, 2.24) is 0 Å². The lowest BCUT2D eigenvalue weighted by Gasteiger charge is -2.05. The number of halogens is 1. The van der Waals surface area contributed by atoms with Crippen LogP contribution in [0.3, 0.4) is 0 Å². The van der Waals surface area contributed by atoms with Gasteiger partial charge in [-0.05, 0) is 31.0 Å². The van der Waals surface area contributed by atoms with Gasteiger partial charge in [-0.1, -0.05) is 42.4 Å². The molecule has 1 atom stereocenters. The zero-order valence-electron chi connectivity index (χ0n) is 9.61. The van der Waals surface area contributed by atoms with E-state index in [1.165, 1.54) is 5.56 Å². The van der Waals surface area contributed by atoms with E-state index in [-0.39, 0.29) is 0 Å². The smallest absolute Gasteiger partial charge is 0.154 e. The second-order valence-corrected chi connectivity index (χ2v) is 5.08. The number of thioether (sulfide) groups is 1. The highest BCUT2D eigenvalue weighted by atomic mass is 35.5. The van der Waals surface area contributed by atoms with E-state index in [9.17, 15) is 0 Å². The van der Waals surface area contributed by atoms with Crippen molar-refractivity contribution < 1.29 is 0 Å². The van der Waals surface area contributed by atoms with Crippen molar-refractivity contribution in [2.75, 3.05) is 0 Å². The summed E-state index contributed by atoms with van der Waals surface area (Å²) in [4.78, 5) is 4.36. The first-order valence-corrected chi connectivity index (χ1v) is 6.68. The summed E-state index contributed by atoms with van der Waals surface area (Å²) in [5, 5.41) is 1.41. The van der Waals surface area contributed by atoms with Crippen molar-refractivity contribution in [2.45, 2.75) is 32.1 Å². The molecule has 1 aromatic carbocycles. The molecule has 2 nitrogen and oxygen atoms in total. The van der Waals surface area contributed by atoms with E-state index < -0.39 is 0 Å². The molecule has 0 aromatic heterocycles. The lowest BCUT2D eigenvalue weighted by Crippen LogP contribution is -2.11. The van der Waals surface area contributed by atoms with Crippen LogP contribution in [0.15, 0.2) is 29.3 Å². The Kier molecular flexibility index (Phi) is 5.71. The molecule has 0 unspecified atom stereocenters. The van der Waals surface area contributed by atoms with E-state index in [0.29, 0.717) is 11.2 Å². The molecule has 0 heterocycles. The zero-order valence-corrected chi connectivity index (χ0v) is 11.2. The van der Waals surface area contributed by atoms with Crippen LogP contribution >= 0.6 is 23.4 Å². The van der Waals surface area contributed by atoms with Crippen LogP contribution in [-0.2, 0) is 5.75 Å². The van der Waals surface area contributed by atoms with Crippen molar-refractivity contribution in [3.05, 3.63) is 34.9 Å². The quantitative estimate of drug-likeness (QED) is 0.659. The highest BCUT2D eigenvalue weighted by Gasteiger charge is 2.00. The molecule has 0 aliphatic heterocycles. The van der Waals surface area contributed by atoms with E-state index in [2.05, 4.69) is 18.8 Å². The molecule has 0 bridgehead atoms. The van der Waals surface area contributed by atoms with Crippen LogP contribution < -0.4 is 5.73 Å². The number of nitrogens with zero attached hydrogens (tertiary/aromatic N) is 1. The highest BCUT2D eigenvalue weighted by Crippen LogP contribution is 2.16. The molecule has 16 heavy (non-hydrogen) atoms. The molecule has 1 aromatic rings. The lowest BCUT2D eigenvalue weighted by atomic mass is 10.2. The zero-order chi connectivity index (χ0) is 12.0. The third-order valence-corrected chi connectivity index (χ3v) is 3.33. The van der Waals surface area contributed by atoms with Gasteiger partial charge < -0.3 is 5.73 Å². The Balaban J connectivity index is 2.48. The highest BCUT2D eigenvalue weighted by molar-refractivity contribution is 8.13. The van der Waals surface area contributed by atoms with Gasteiger partial charge in [-0.15, -0.1) is 0 Å². The first-order valence-electron chi connectivity index (χ1n) is 5.32. The molecule has 0 spiro atoms. The van der Waals surface area contributed by atoms with Gasteiger partial charge in [0.15, 0.2) is 5.17 Å². The summed E-state index contributed by atoms with van der Waals surface area (Å²) >= 11 is 7.45. The van der Waals surface area contributed by atoms with Crippen LogP contribution in [-0.4, -0.2) is 11.2 Å². The number of hydrogen-bond acceptors (Lipinski definition) is 2. The van der Waals surface area contributed by atoms with Gasteiger partial charge in [0.25, 0.3) is 0 Å². The van der Waals surface area contributed by atoms with Gasteiger partial charge in [0.1, 0.15) is 0 Å². The van der Waals surface area contributed by atoms with Gasteiger partial charge in [-0.2, -0.15) is 0 Å². The van der Waals surface area contributed by atoms with Crippen molar-refractivity contribution in [3.8, 4) is 0 Å². The van der Waals surface area contributed by atoms with Crippen LogP contribution in [0.2, 0.25) is 5.02 Å². The summed E-state index contributed by atoms with van der Waals surface area (Å²) in [5.41, 5.74) is 6.98. The standard InChI is InChI=1S/C12H17ClN2S/c1-3-9(2)15-12(14)16-8-10-5-4-6-11(13)7-10/h4-7,9H,3,8H2,1-2H3,(H2,14,15)/t9-/m1/s1. The number of aliphatic imine (C=N–C) groups is 1. The first kappa shape index (κ1) is 13.4. The average molecular weight is 257 g/mol. The molecule has 0 radical (unpaired) electrons. The number of nitrogens with two attached hydrogens (primary N) is 1. The minimum atomic E-state index is 0.298. The summed E-state index contributed by atoms with van der Waals surface area (Å²) in [6, 6.07) is 8.10. The molecule has 0 fully saturated rings.